The normalized spacial score (nSPS) is 11.5. The number of likely N-dealkylation sites (N-methyl/N-ethyl adjacent to an activating group) is 1. The Bertz CT molecular complexity index is 601. The minimum atomic E-state index is -3.76. The molecule has 0 aliphatic carbocycles. The van der Waals surface area contributed by atoms with E-state index in [4.69, 9.17) is 13.6 Å². The monoisotopic (exact) mass is 371 g/mol. The molecule has 0 saturated carbocycles. The number of hydrogen-bond acceptors (Lipinski definition) is 4. The zero-order chi connectivity index (χ0) is 16.8. The van der Waals surface area contributed by atoms with Gasteiger partial charge in [-0.1, -0.05) is 36.4 Å². The van der Waals surface area contributed by atoms with E-state index >= 15 is 0 Å². The number of quaternary nitrogens is 1. The van der Waals surface area contributed by atoms with Crippen molar-refractivity contribution >= 4 is 7.82 Å². The molecule has 0 unspecified atom stereocenters. The number of nitrogens with zero attached hydrogens (tertiary/aromatic N) is 1. The van der Waals surface area contributed by atoms with Crippen LogP contribution < -0.4 is 21.5 Å². The highest BCUT2D eigenvalue weighted by Gasteiger charge is 2.31. The lowest BCUT2D eigenvalue weighted by atomic mass is 10.3. The molecule has 0 aliphatic rings. The van der Waals surface area contributed by atoms with Gasteiger partial charge in [0.1, 0.15) is 24.7 Å². The number of para-hydroxylation sites is 2. The molecule has 2 rings (SSSR count). The molecule has 0 N–H and O–H groups in total. The van der Waals surface area contributed by atoms with Gasteiger partial charge in [-0.2, -0.15) is 0 Å². The van der Waals surface area contributed by atoms with Gasteiger partial charge in [0.2, 0.25) is 0 Å². The third-order valence-electron chi connectivity index (χ3n) is 2.93. The van der Waals surface area contributed by atoms with Crippen molar-refractivity contribution in [3.8, 4) is 11.5 Å². The van der Waals surface area contributed by atoms with Crippen molar-refractivity contribution in [1.29, 1.82) is 0 Å². The van der Waals surface area contributed by atoms with Crippen LogP contribution in [0.4, 0.5) is 0 Å². The van der Waals surface area contributed by atoms with Gasteiger partial charge < -0.3 is 25.9 Å². The Balaban J connectivity index is 0.00000288. The zero-order valence-electron chi connectivity index (χ0n) is 14.1. The van der Waals surface area contributed by atoms with Gasteiger partial charge in [0.05, 0.1) is 21.1 Å². The number of halogens is 1. The van der Waals surface area contributed by atoms with Crippen LogP contribution in [0.1, 0.15) is 0 Å². The highest BCUT2D eigenvalue weighted by atomic mass is 35.5. The molecule has 2 aromatic carbocycles. The van der Waals surface area contributed by atoms with Crippen LogP contribution in [0.25, 0.3) is 0 Å². The summed E-state index contributed by atoms with van der Waals surface area (Å²) in [7, 11) is 2.34. The number of benzene rings is 2. The zero-order valence-corrected chi connectivity index (χ0v) is 15.7. The highest BCUT2D eigenvalue weighted by Crippen LogP contribution is 2.49. The molecular formula is C17H23ClNO4P. The van der Waals surface area contributed by atoms with Gasteiger partial charge in [0.15, 0.2) is 0 Å². The lowest BCUT2D eigenvalue weighted by Crippen LogP contribution is -3.00. The number of hydrogen-bond donors (Lipinski definition) is 0. The van der Waals surface area contributed by atoms with E-state index in [9.17, 15) is 4.57 Å². The summed E-state index contributed by atoms with van der Waals surface area (Å²) in [5.41, 5.74) is 0. The average Bonchev–Trinajstić information content (AvgIpc) is 2.47. The first-order chi connectivity index (χ1) is 10.9. The Morgan fingerprint density at radius 3 is 1.62 bits per heavy atom. The molecule has 0 heterocycles. The van der Waals surface area contributed by atoms with Gasteiger partial charge in [-0.25, -0.2) is 4.57 Å². The molecule has 0 atom stereocenters. The molecule has 132 valence electrons. The maximum Gasteiger partial charge on any atom is 0.587 e. The van der Waals surface area contributed by atoms with Crippen LogP contribution >= 0.6 is 7.82 Å². The first-order valence-electron chi connectivity index (χ1n) is 7.41. The van der Waals surface area contributed by atoms with Crippen molar-refractivity contribution in [3.63, 3.8) is 0 Å². The summed E-state index contributed by atoms with van der Waals surface area (Å²) >= 11 is 0. The van der Waals surface area contributed by atoms with E-state index in [-0.39, 0.29) is 19.0 Å². The summed E-state index contributed by atoms with van der Waals surface area (Å²) in [6.45, 7) is 0.945. The van der Waals surface area contributed by atoms with E-state index in [0.29, 0.717) is 22.5 Å². The second-order valence-corrected chi connectivity index (χ2v) is 7.62. The van der Waals surface area contributed by atoms with Crippen LogP contribution in [0.2, 0.25) is 0 Å². The maximum atomic E-state index is 13.0. The molecule has 0 spiro atoms. The van der Waals surface area contributed by atoms with Crippen molar-refractivity contribution in [2.24, 2.45) is 0 Å². The topological polar surface area (TPSA) is 44.8 Å². The Hall–Kier alpha value is -1.52. The van der Waals surface area contributed by atoms with Crippen LogP contribution in [-0.2, 0) is 9.09 Å². The minimum absolute atomic E-state index is 0. The Kier molecular flexibility index (Phi) is 7.77. The second kappa shape index (κ2) is 9.09. The van der Waals surface area contributed by atoms with E-state index in [1.165, 1.54) is 0 Å². The Labute approximate surface area is 149 Å². The third-order valence-corrected chi connectivity index (χ3v) is 4.30. The predicted molar refractivity (Wildman–Crippen MR) is 90.6 cm³/mol. The quantitative estimate of drug-likeness (QED) is 0.512. The molecule has 0 radical (unpaired) electrons. The molecule has 24 heavy (non-hydrogen) atoms. The summed E-state index contributed by atoms with van der Waals surface area (Å²) < 4.78 is 30.2. The van der Waals surface area contributed by atoms with Crippen LogP contribution in [-0.4, -0.2) is 38.8 Å². The summed E-state index contributed by atoms with van der Waals surface area (Å²) in [5, 5.41) is 0. The molecular weight excluding hydrogens is 349 g/mol. The van der Waals surface area contributed by atoms with E-state index in [2.05, 4.69) is 0 Å². The van der Waals surface area contributed by atoms with Crippen molar-refractivity contribution < 1.29 is 35.0 Å². The fourth-order valence-electron chi connectivity index (χ4n) is 1.72. The second-order valence-electron chi connectivity index (χ2n) is 6.10. The minimum Gasteiger partial charge on any atom is -1.00 e. The highest BCUT2D eigenvalue weighted by molar-refractivity contribution is 7.49. The maximum absolute atomic E-state index is 13.0. The van der Waals surface area contributed by atoms with Gasteiger partial charge >= 0.3 is 7.82 Å². The van der Waals surface area contributed by atoms with Crippen LogP contribution in [0, 0.1) is 0 Å². The van der Waals surface area contributed by atoms with Gasteiger partial charge in [-0.05, 0) is 24.3 Å². The number of rotatable bonds is 8. The molecule has 0 amide bonds. The smallest absolute Gasteiger partial charge is 0.587 e. The van der Waals surface area contributed by atoms with E-state index in [1.54, 1.807) is 48.5 Å². The number of phosphoric acid groups is 1. The summed E-state index contributed by atoms with van der Waals surface area (Å²) in [4.78, 5) is 0. The third kappa shape index (κ3) is 7.37. The van der Waals surface area contributed by atoms with E-state index in [1.807, 2.05) is 33.3 Å². The largest absolute Gasteiger partial charge is 1.00 e. The molecule has 0 aromatic heterocycles. The van der Waals surface area contributed by atoms with Crippen molar-refractivity contribution in [3.05, 3.63) is 60.7 Å². The molecule has 7 heteroatoms. The van der Waals surface area contributed by atoms with Crippen molar-refractivity contribution in [2.75, 3.05) is 34.3 Å². The Morgan fingerprint density at radius 2 is 1.25 bits per heavy atom. The SMILES string of the molecule is C[N+](C)(C)CCOP(=O)(Oc1ccccc1)Oc1ccccc1.[Cl-]. The molecule has 0 saturated heterocycles. The first kappa shape index (κ1) is 20.5. The lowest BCUT2D eigenvalue weighted by molar-refractivity contribution is -0.870. The molecule has 0 fully saturated rings. The molecule has 0 aliphatic heterocycles. The Morgan fingerprint density at radius 1 is 0.833 bits per heavy atom. The lowest BCUT2D eigenvalue weighted by Gasteiger charge is -2.25. The van der Waals surface area contributed by atoms with E-state index in [0.717, 1.165) is 0 Å². The molecule has 0 bridgehead atoms. The predicted octanol–water partition coefficient (Wildman–Crippen LogP) is 0.979. The summed E-state index contributed by atoms with van der Waals surface area (Å²) in [5.74, 6) is 0.883. The average molecular weight is 372 g/mol. The van der Waals surface area contributed by atoms with Gasteiger partial charge in [-0.15, -0.1) is 0 Å². The van der Waals surface area contributed by atoms with Gasteiger partial charge in [-0.3, -0.25) is 4.52 Å². The van der Waals surface area contributed by atoms with Crippen molar-refractivity contribution in [1.82, 2.24) is 0 Å². The van der Waals surface area contributed by atoms with Crippen LogP contribution in [0.3, 0.4) is 0 Å². The van der Waals surface area contributed by atoms with Crippen LogP contribution in [0.5, 0.6) is 11.5 Å². The first-order valence-corrected chi connectivity index (χ1v) is 8.87. The van der Waals surface area contributed by atoms with Gasteiger partial charge in [0.25, 0.3) is 0 Å². The van der Waals surface area contributed by atoms with E-state index < -0.39 is 7.82 Å². The van der Waals surface area contributed by atoms with Crippen molar-refractivity contribution in [2.45, 2.75) is 0 Å². The summed E-state index contributed by atoms with van der Waals surface area (Å²) in [6, 6.07) is 17.8. The molecule has 5 nitrogen and oxygen atoms in total. The van der Waals surface area contributed by atoms with Gasteiger partial charge in [0, 0.05) is 0 Å². The number of phosphoric ester groups is 1. The fourth-order valence-corrected chi connectivity index (χ4v) is 2.93. The van der Waals surface area contributed by atoms with Crippen LogP contribution in [0.15, 0.2) is 60.7 Å². The fraction of sp³-hybridized carbons (Fsp3) is 0.294. The standard InChI is InChI=1S/C17H23NO4P.ClH/c1-18(2,3)14-15-20-23(19,21-16-10-6-4-7-11-16)22-17-12-8-5-9-13-17;/h4-13H,14-15H2,1-3H3;1H/q+1;/p-1. The summed E-state index contributed by atoms with van der Waals surface area (Å²) in [6.07, 6.45) is 0. The molecule has 2 aromatic rings.